The summed E-state index contributed by atoms with van der Waals surface area (Å²) in [5.74, 6) is 2.56. The molecule has 134 valence electrons. The molecule has 26 heavy (non-hydrogen) atoms. The molecular formula is C21H24N4O. The summed E-state index contributed by atoms with van der Waals surface area (Å²) in [5.41, 5.74) is 2.51. The average Bonchev–Trinajstić information content (AvgIpc) is 3.46. The van der Waals surface area contributed by atoms with Crippen LogP contribution >= 0.6 is 0 Å². The molecule has 2 aromatic heterocycles. The Balaban J connectivity index is 1.24. The maximum absolute atomic E-state index is 6.34. The van der Waals surface area contributed by atoms with Crippen molar-refractivity contribution in [1.29, 1.82) is 0 Å². The number of hydrogen-bond acceptors (Lipinski definition) is 4. The van der Waals surface area contributed by atoms with Crippen molar-refractivity contribution in [2.24, 2.45) is 7.05 Å². The van der Waals surface area contributed by atoms with Gasteiger partial charge in [-0.15, -0.1) is 0 Å². The fourth-order valence-electron chi connectivity index (χ4n) is 3.85. The van der Waals surface area contributed by atoms with Gasteiger partial charge in [-0.1, -0.05) is 6.07 Å². The van der Waals surface area contributed by atoms with Gasteiger partial charge in [-0.2, -0.15) is 0 Å². The third kappa shape index (κ3) is 2.91. The molecule has 0 spiro atoms. The Labute approximate surface area is 153 Å². The minimum Gasteiger partial charge on any atom is -0.490 e. The molecule has 1 aromatic carbocycles. The zero-order valence-electron chi connectivity index (χ0n) is 15.1. The van der Waals surface area contributed by atoms with Gasteiger partial charge in [-0.25, -0.2) is 9.97 Å². The number of ether oxygens (including phenoxy) is 1. The molecule has 0 radical (unpaired) electrons. The van der Waals surface area contributed by atoms with Crippen molar-refractivity contribution in [1.82, 2.24) is 14.5 Å². The van der Waals surface area contributed by atoms with Crippen molar-refractivity contribution in [3.63, 3.8) is 0 Å². The Kier molecular flexibility index (Phi) is 3.80. The maximum Gasteiger partial charge on any atom is 0.225 e. The van der Waals surface area contributed by atoms with Crippen LogP contribution in [0.3, 0.4) is 0 Å². The lowest BCUT2D eigenvalue weighted by molar-refractivity contribution is 0.172. The summed E-state index contributed by atoms with van der Waals surface area (Å²) < 4.78 is 8.48. The molecule has 0 bridgehead atoms. The highest BCUT2D eigenvalue weighted by Gasteiger charge is 2.26. The molecule has 0 unspecified atom stereocenters. The topological polar surface area (TPSA) is 43.2 Å². The van der Waals surface area contributed by atoms with Crippen LogP contribution in [-0.4, -0.2) is 33.7 Å². The van der Waals surface area contributed by atoms with E-state index in [-0.39, 0.29) is 6.10 Å². The number of piperidine rings is 1. The summed E-state index contributed by atoms with van der Waals surface area (Å²) in [5, 5.41) is 1.19. The number of aromatic nitrogens is 3. The van der Waals surface area contributed by atoms with Crippen molar-refractivity contribution in [2.75, 3.05) is 18.0 Å². The monoisotopic (exact) mass is 348 g/mol. The fourth-order valence-corrected chi connectivity index (χ4v) is 3.85. The van der Waals surface area contributed by atoms with Crippen LogP contribution in [-0.2, 0) is 7.05 Å². The predicted octanol–water partition coefficient (Wildman–Crippen LogP) is 3.89. The summed E-state index contributed by atoms with van der Waals surface area (Å²) in [4.78, 5) is 11.5. The first kappa shape index (κ1) is 15.7. The molecule has 2 fully saturated rings. The normalized spacial score (nSPS) is 18.4. The van der Waals surface area contributed by atoms with E-state index in [0.29, 0.717) is 5.92 Å². The van der Waals surface area contributed by atoms with Gasteiger partial charge in [-0.05, 0) is 42.5 Å². The second kappa shape index (κ2) is 6.31. The van der Waals surface area contributed by atoms with Crippen molar-refractivity contribution in [3.05, 3.63) is 48.4 Å². The van der Waals surface area contributed by atoms with E-state index < -0.39 is 0 Å². The zero-order valence-corrected chi connectivity index (χ0v) is 15.1. The van der Waals surface area contributed by atoms with Gasteiger partial charge in [0.1, 0.15) is 11.9 Å². The van der Waals surface area contributed by atoms with Gasteiger partial charge in [0.05, 0.1) is 5.52 Å². The highest BCUT2D eigenvalue weighted by atomic mass is 16.5. The first-order chi connectivity index (χ1) is 12.8. The highest BCUT2D eigenvalue weighted by Crippen LogP contribution is 2.39. The Hall–Kier alpha value is -2.56. The zero-order chi connectivity index (χ0) is 17.5. The van der Waals surface area contributed by atoms with Crippen LogP contribution in [0.4, 0.5) is 5.95 Å². The summed E-state index contributed by atoms with van der Waals surface area (Å²) >= 11 is 0. The lowest BCUT2D eigenvalue weighted by atomic mass is 10.1. The average molecular weight is 348 g/mol. The molecule has 5 nitrogen and oxygen atoms in total. The number of fused-ring (bicyclic) bond motifs is 1. The molecule has 2 aliphatic rings. The molecule has 0 amide bonds. The first-order valence-electron chi connectivity index (χ1n) is 9.55. The third-order valence-electron chi connectivity index (χ3n) is 5.61. The van der Waals surface area contributed by atoms with E-state index in [4.69, 9.17) is 4.74 Å². The minimum absolute atomic E-state index is 0.253. The van der Waals surface area contributed by atoms with Crippen LogP contribution in [0.25, 0.3) is 10.9 Å². The van der Waals surface area contributed by atoms with Gasteiger partial charge in [0.2, 0.25) is 5.95 Å². The van der Waals surface area contributed by atoms with Crippen molar-refractivity contribution in [3.8, 4) is 5.75 Å². The number of anilines is 1. The third-order valence-corrected chi connectivity index (χ3v) is 5.61. The lowest BCUT2D eigenvalue weighted by Crippen LogP contribution is -2.39. The number of hydrogen-bond donors (Lipinski definition) is 0. The first-order valence-corrected chi connectivity index (χ1v) is 9.55. The van der Waals surface area contributed by atoms with E-state index in [2.05, 4.69) is 56.9 Å². The highest BCUT2D eigenvalue weighted by molar-refractivity contribution is 5.86. The Bertz CT molecular complexity index is 905. The van der Waals surface area contributed by atoms with Gasteiger partial charge in [0.15, 0.2) is 0 Å². The summed E-state index contributed by atoms with van der Waals surface area (Å²) in [6, 6.07) is 8.42. The fraction of sp³-hybridized carbons (Fsp3) is 0.429. The van der Waals surface area contributed by atoms with Crippen LogP contribution < -0.4 is 9.64 Å². The number of benzene rings is 1. The molecule has 1 saturated carbocycles. The molecule has 1 aliphatic carbocycles. The largest absolute Gasteiger partial charge is 0.490 e. The standard InChI is InChI=1S/C21H24N4O/c1-24-10-9-18-19(24)3-2-4-20(18)26-17-7-11-25(12-8-17)21-22-13-16(14-23-21)15-5-6-15/h2-4,9-10,13-15,17H,5-8,11-12H2,1H3. The molecule has 1 saturated heterocycles. The van der Waals surface area contributed by atoms with E-state index in [1.807, 2.05) is 12.4 Å². The van der Waals surface area contributed by atoms with Crippen LogP contribution in [0.5, 0.6) is 5.75 Å². The predicted molar refractivity (Wildman–Crippen MR) is 103 cm³/mol. The van der Waals surface area contributed by atoms with Crippen LogP contribution in [0.2, 0.25) is 0 Å². The molecule has 5 heteroatoms. The van der Waals surface area contributed by atoms with Gasteiger partial charge in [-0.3, -0.25) is 0 Å². The van der Waals surface area contributed by atoms with Gasteiger partial charge < -0.3 is 14.2 Å². The van der Waals surface area contributed by atoms with Gasteiger partial charge in [0.25, 0.3) is 0 Å². The summed E-state index contributed by atoms with van der Waals surface area (Å²) in [7, 11) is 2.07. The minimum atomic E-state index is 0.253. The van der Waals surface area contributed by atoms with Crippen LogP contribution in [0, 0.1) is 0 Å². The van der Waals surface area contributed by atoms with Crippen molar-refractivity contribution >= 4 is 16.9 Å². The number of aryl methyl sites for hydroxylation is 1. The Morgan fingerprint density at radius 3 is 2.50 bits per heavy atom. The quantitative estimate of drug-likeness (QED) is 0.717. The van der Waals surface area contributed by atoms with E-state index in [9.17, 15) is 0 Å². The number of rotatable bonds is 4. The Morgan fingerprint density at radius 2 is 1.77 bits per heavy atom. The van der Waals surface area contributed by atoms with Crippen molar-refractivity contribution in [2.45, 2.75) is 37.7 Å². The van der Waals surface area contributed by atoms with Gasteiger partial charge >= 0.3 is 0 Å². The second-order valence-corrected chi connectivity index (χ2v) is 7.51. The van der Waals surface area contributed by atoms with Gasteiger partial charge in [0, 0.05) is 57.0 Å². The molecule has 0 N–H and O–H groups in total. The summed E-state index contributed by atoms with van der Waals surface area (Å²) in [6.07, 6.45) is 10.9. The van der Waals surface area contributed by atoms with E-state index in [0.717, 1.165) is 37.6 Å². The number of nitrogens with zero attached hydrogens (tertiary/aromatic N) is 4. The molecule has 0 atom stereocenters. The van der Waals surface area contributed by atoms with Crippen molar-refractivity contribution < 1.29 is 4.74 Å². The smallest absolute Gasteiger partial charge is 0.225 e. The molecular weight excluding hydrogens is 324 g/mol. The van der Waals surface area contributed by atoms with E-state index >= 15 is 0 Å². The van der Waals surface area contributed by atoms with E-state index in [1.54, 1.807) is 0 Å². The summed E-state index contributed by atoms with van der Waals surface area (Å²) in [6.45, 7) is 1.89. The maximum atomic E-state index is 6.34. The van der Waals surface area contributed by atoms with Crippen LogP contribution in [0.1, 0.15) is 37.2 Å². The van der Waals surface area contributed by atoms with E-state index in [1.165, 1.54) is 29.3 Å². The van der Waals surface area contributed by atoms with Crippen LogP contribution in [0.15, 0.2) is 42.9 Å². The molecule has 3 heterocycles. The second-order valence-electron chi connectivity index (χ2n) is 7.51. The lowest BCUT2D eigenvalue weighted by Gasteiger charge is -2.32. The molecule has 3 aromatic rings. The molecule has 1 aliphatic heterocycles. The Morgan fingerprint density at radius 1 is 1.00 bits per heavy atom. The SMILES string of the molecule is Cn1ccc2c(OC3CCN(c4ncc(C5CC5)cn4)CC3)cccc21. The molecule has 5 rings (SSSR count).